The number of aromatic hydroxyl groups is 1. The van der Waals surface area contributed by atoms with Crippen molar-refractivity contribution < 1.29 is 5.11 Å². The maximum Gasteiger partial charge on any atom is 0.142 e. The molecule has 8 N–H and O–H groups in total. The van der Waals surface area contributed by atoms with Crippen LogP contribution in [0.2, 0.25) is 0 Å². The highest BCUT2D eigenvalue weighted by Gasteiger charge is 2.12. The van der Waals surface area contributed by atoms with E-state index in [1.165, 1.54) is 6.07 Å². The molecule has 0 fully saturated rings. The molecule has 2 aromatic carbocycles. The van der Waals surface area contributed by atoms with Crippen LogP contribution in [0.25, 0.3) is 22.4 Å². The number of halogens is 1. The number of imidazole rings is 1. The average molecular weight is 292 g/mol. The summed E-state index contributed by atoms with van der Waals surface area (Å²) in [7, 11) is 0. The monoisotopic (exact) mass is 291 g/mol. The third-order valence-electron chi connectivity index (χ3n) is 3.00. The van der Waals surface area contributed by atoms with Gasteiger partial charge in [-0.1, -0.05) is 0 Å². The van der Waals surface area contributed by atoms with Crippen LogP contribution >= 0.6 is 12.4 Å². The molecular weight excluding hydrogens is 278 g/mol. The van der Waals surface area contributed by atoms with Crippen LogP contribution in [0.15, 0.2) is 30.3 Å². The van der Waals surface area contributed by atoms with E-state index in [0.29, 0.717) is 34.0 Å². The molecule has 3 aromatic rings. The number of nitrogens with one attached hydrogen (secondary N) is 1. The first-order valence-corrected chi connectivity index (χ1v) is 5.69. The van der Waals surface area contributed by atoms with E-state index >= 15 is 0 Å². The second kappa shape index (κ2) is 4.82. The average Bonchev–Trinajstić information content (AvgIpc) is 2.78. The molecule has 7 heteroatoms. The first-order chi connectivity index (χ1) is 9.06. The predicted molar refractivity (Wildman–Crippen MR) is 83.7 cm³/mol. The van der Waals surface area contributed by atoms with E-state index in [9.17, 15) is 5.11 Å². The van der Waals surface area contributed by atoms with Gasteiger partial charge in [0.25, 0.3) is 0 Å². The van der Waals surface area contributed by atoms with Crippen molar-refractivity contribution in [3.05, 3.63) is 30.3 Å². The molecule has 0 aliphatic rings. The number of anilines is 3. The Labute approximate surface area is 121 Å². The number of fused-ring (bicyclic) bond motifs is 1. The number of hydrogen-bond donors (Lipinski definition) is 5. The van der Waals surface area contributed by atoms with Crippen molar-refractivity contribution in [2.24, 2.45) is 0 Å². The van der Waals surface area contributed by atoms with Crippen LogP contribution in [0.4, 0.5) is 17.1 Å². The molecule has 0 radical (unpaired) electrons. The zero-order chi connectivity index (χ0) is 13.6. The molecule has 0 spiro atoms. The normalized spacial score (nSPS) is 10.4. The van der Waals surface area contributed by atoms with Crippen molar-refractivity contribution in [1.29, 1.82) is 0 Å². The van der Waals surface area contributed by atoms with E-state index in [1.54, 1.807) is 24.3 Å². The summed E-state index contributed by atoms with van der Waals surface area (Å²) in [5.41, 5.74) is 20.5. The van der Waals surface area contributed by atoms with Crippen LogP contribution < -0.4 is 17.2 Å². The molecule has 104 valence electrons. The van der Waals surface area contributed by atoms with Crippen LogP contribution in [0.3, 0.4) is 0 Å². The molecular formula is C13H14ClN5O. The molecule has 3 rings (SSSR count). The number of aromatic amines is 1. The molecule has 1 aromatic heterocycles. The van der Waals surface area contributed by atoms with Gasteiger partial charge < -0.3 is 27.3 Å². The van der Waals surface area contributed by atoms with Crippen molar-refractivity contribution in [2.75, 3.05) is 17.2 Å². The third kappa shape index (κ3) is 2.06. The molecule has 0 aliphatic carbocycles. The van der Waals surface area contributed by atoms with Gasteiger partial charge in [-0.05, 0) is 24.3 Å². The van der Waals surface area contributed by atoms with E-state index in [1.807, 2.05) is 0 Å². The number of benzene rings is 2. The zero-order valence-corrected chi connectivity index (χ0v) is 11.2. The van der Waals surface area contributed by atoms with E-state index < -0.39 is 0 Å². The number of hydrogen-bond acceptors (Lipinski definition) is 5. The topological polar surface area (TPSA) is 127 Å². The molecule has 0 saturated carbocycles. The van der Waals surface area contributed by atoms with Gasteiger partial charge in [-0.15, -0.1) is 12.4 Å². The minimum atomic E-state index is 0. The van der Waals surface area contributed by atoms with Gasteiger partial charge in [0, 0.05) is 11.8 Å². The van der Waals surface area contributed by atoms with E-state index in [0.717, 1.165) is 5.52 Å². The summed E-state index contributed by atoms with van der Waals surface area (Å²) in [6.45, 7) is 0. The van der Waals surface area contributed by atoms with Crippen LogP contribution in [0.5, 0.6) is 5.75 Å². The Morgan fingerprint density at radius 1 is 1.05 bits per heavy atom. The number of phenolic OH excluding ortho intramolecular Hbond substituents is 1. The predicted octanol–water partition coefficient (Wildman–Crippen LogP) is 2.10. The first-order valence-electron chi connectivity index (χ1n) is 5.69. The van der Waals surface area contributed by atoms with Gasteiger partial charge in [-0.25, -0.2) is 4.98 Å². The number of aromatic nitrogens is 2. The number of phenols is 1. The summed E-state index contributed by atoms with van der Waals surface area (Å²) >= 11 is 0. The summed E-state index contributed by atoms with van der Waals surface area (Å²) in [5.74, 6) is 0.579. The first kappa shape index (κ1) is 13.8. The lowest BCUT2D eigenvalue weighted by molar-refractivity contribution is 0.477. The maximum atomic E-state index is 9.90. The lowest BCUT2D eigenvalue weighted by Crippen LogP contribution is -1.94. The number of nitrogens with two attached hydrogens (primary N) is 3. The van der Waals surface area contributed by atoms with E-state index in [4.69, 9.17) is 17.2 Å². The quantitative estimate of drug-likeness (QED) is 0.439. The highest BCUT2D eigenvalue weighted by atomic mass is 35.5. The molecule has 6 nitrogen and oxygen atoms in total. The van der Waals surface area contributed by atoms with Crippen LogP contribution in [-0.4, -0.2) is 15.1 Å². The largest absolute Gasteiger partial charge is 0.507 e. The van der Waals surface area contributed by atoms with E-state index in [2.05, 4.69) is 9.97 Å². The number of H-pyrrole nitrogens is 1. The van der Waals surface area contributed by atoms with Crippen molar-refractivity contribution in [3.63, 3.8) is 0 Å². The molecule has 0 unspecified atom stereocenters. The molecule has 0 bridgehead atoms. The van der Waals surface area contributed by atoms with Crippen LogP contribution in [-0.2, 0) is 0 Å². The summed E-state index contributed by atoms with van der Waals surface area (Å²) in [6.07, 6.45) is 0. The Kier molecular flexibility index (Phi) is 3.33. The fourth-order valence-corrected chi connectivity index (χ4v) is 1.99. The minimum absolute atomic E-state index is 0. The Morgan fingerprint density at radius 2 is 1.80 bits per heavy atom. The lowest BCUT2D eigenvalue weighted by atomic mass is 10.2. The van der Waals surface area contributed by atoms with E-state index in [-0.39, 0.29) is 18.2 Å². The van der Waals surface area contributed by atoms with Gasteiger partial charge in [0.1, 0.15) is 17.1 Å². The van der Waals surface area contributed by atoms with Gasteiger partial charge in [0.2, 0.25) is 0 Å². The van der Waals surface area contributed by atoms with Gasteiger partial charge in [-0.2, -0.15) is 0 Å². The second-order valence-electron chi connectivity index (χ2n) is 4.33. The fraction of sp³-hybridized carbons (Fsp3) is 0. The van der Waals surface area contributed by atoms with Crippen molar-refractivity contribution in [3.8, 4) is 17.1 Å². The smallest absolute Gasteiger partial charge is 0.142 e. The maximum absolute atomic E-state index is 9.90. The number of nitrogens with zero attached hydrogens (tertiary/aromatic N) is 1. The fourth-order valence-electron chi connectivity index (χ4n) is 1.99. The van der Waals surface area contributed by atoms with Gasteiger partial charge >= 0.3 is 0 Å². The highest BCUT2D eigenvalue weighted by molar-refractivity contribution is 5.95. The molecule has 0 aliphatic heterocycles. The highest BCUT2D eigenvalue weighted by Crippen LogP contribution is 2.32. The molecule has 0 amide bonds. The third-order valence-corrected chi connectivity index (χ3v) is 3.00. The van der Waals surface area contributed by atoms with Crippen molar-refractivity contribution in [2.45, 2.75) is 0 Å². The molecule has 0 saturated heterocycles. The SMILES string of the molecule is Cl.Nc1ccc(-c2nc3c(N)c(N)ccc3[nH]2)c(O)c1. The molecule has 20 heavy (non-hydrogen) atoms. The Bertz CT molecular complexity index is 784. The van der Waals surface area contributed by atoms with Crippen LogP contribution in [0, 0.1) is 0 Å². The Morgan fingerprint density at radius 3 is 2.50 bits per heavy atom. The van der Waals surface area contributed by atoms with Crippen molar-refractivity contribution >= 4 is 40.5 Å². The Balaban J connectivity index is 0.00000147. The standard InChI is InChI=1S/C13H13N5O.ClH/c14-6-1-2-7(10(19)5-6)13-17-9-4-3-8(15)11(16)12(9)18-13;/h1-5,19H,14-16H2,(H,17,18);1H. The molecule has 1 heterocycles. The Hall–Kier alpha value is -2.60. The molecule has 0 atom stereocenters. The van der Waals surface area contributed by atoms with Gasteiger partial charge in [0.15, 0.2) is 0 Å². The van der Waals surface area contributed by atoms with Crippen molar-refractivity contribution in [1.82, 2.24) is 9.97 Å². The number of rotatable bonds is 1. The minimum Gasteiger partial charge on any atom is -0.507 e. The summed E-state index contributed by atoms with van der Waals surface area (Å²) < 4.78 is 0. The summed E-state index contributed by atoms with van der Waals surface area (Å²) in [4.78, 5) is 7.47. The zero-order valence-electron chi connectivity index (χ0n) is 10.4. The van der Waals surface area contributed by atoms with Gasteiger partial charge in [0.05, 0.1) is 22.5 Å². The summed E-state index contributed by atoms with van der Waals surface area (Å²) in [5, 5.41) is 9.90. The van der Waals surface area contributed by atoms with Gasteiger partial charge in [-0.3, -0.25) is 0 Å². The number of nitrogen functional groups attached to an aromatic ring is 3. The van der Waals surface area contributed by atoms with Crippen LogP contribution in [0.1, 0.15) is 0 Å². The summed E-state index contributed by atoms with van der Waals surface area (Å²) in [6, 6.07) is 8.37. The second-order valence-corrected chi connectivity index (χ2v) is 4.33. The lowest BCUT2D eigenvalue weighted by Gasteiger charge is -2.01.